The molecule has 7 heteroatoms. The first-order valence-electron chi connectivity index (χ1n) is 13.1. The van der Waals surface area contributed by atoms with Crippen LogP contribution in [0.25, 0.3) is 0 Å². The van der Waals surface area contributed by atoms with E-state index in [1.807, 2.05) is 20.8 Å². The molecule has 0 aromatic rings. The van der Waals surface area contributed by atoms with E-state index in [4.69, 9.17) is 14.6 Å². The summed E-state index contributed by atoms with van der Waals surface area (Å²) < 4.78 is 11.6. The van der Waals surface area contributed by atoms with Crippen molar-refractivity contribution in [3.05, 3.63) is 36.0 Å². The molecule has 0 bridgehead atoms. The minimum atomic E-state index is -0.935. The summed E-state index contributed by atoms with van der Waals surface area (Å²) in [6.07, 6.45) is 9.61. The summed E-state index contributed by atoms with van der Waals surface area (Å²) >= 11 is 0. The van der Waals surface area contributed by atoms with E-state index in [0.717, 1.165) is 25.7 Å². The highest BCUT2D eigenvalue weighted by Crippen LogP contribution is 2.45. The minimum Gasteiger partial charge on any atom is -0.478 e. The van der Waals surface area contributed by atoms with Gasteiger partial charge in [-0.25, -0.2) is 4.79 Å². The number of allylic oxidation sites excluding steroid dienone is 3. The molecule has 1 aliphatic heterocycles. The maximum absolute atomic E-state index is 12.9. The third-order valence-corrected chi connectivity index (χ3v) is 7.71. The molecule has 1 heterocycles. The third-order valence-electron chi connectivity index (χ3n) is 7.71. The lowest BCUT2D eigenvalue weighted by atomic mass is 9.65. The van der Waals surface area contributed by atoms with Gasteiger partial charge in [0.05, 0.1) is 17.9 Å². The van der Waals surface area contributed by atoms with Crippen LogP contribution in [-0.2, 0) is 23.9 Å². The quantitative estimate of drug-likeness (QED) is 0.361. The summed E-state index contributed by atoms with van der Waals surface area (Å²) in [5.41, 5.74) is 0.961. The lowest BCUT2D eigenvalue weighted by Gasteiger charge is -2.44. The largest absolute Gasteiger partial charge is 0.478 e. The average molecular weight is 505 g/mol. The van der Waals surface area contributed by atoms with Crippen LogP contribution in [0, 0.1) is 29.1 Å². The molecule has 2 N–H and O–H groups in total. The molecule has 2 aliphatic carbocycles. The third kappa shape index (κ3) is 8.05. The Morgan fingerprint density at radius 1 is 1.22 bits per heavy atom. The predicted molar refractivity (Wildman–Crippen MR) is 138 cm³/mol. The molecule has 3 aliphatic rings. The molecule has 1 fully saturated rings. The Morgan fingerprint density at radius 3 is 2.42 bits per heavy atom. The number of hydrogen-bond donors (Lipinski definition) is 2. The van der Waals surface area contributed by atoms with Gasteiger partial charge in [-0.3, -0.25) is 9.59 Å². The molecule has 0 saturated carbocycles. The van der Waals surface area contributed by atoms with E-state index < -0.39 is 17.5 Å². The Morgan fingerprint density at radius 2 is 1.86 bits per heavy atom. The number of carbonyl (C=O) groups is 3. The van der Waals surface area contributed by atoms with Crippen LogP contribution in [-0.4, -0.2) is 46.4 Å². The number of hydrogen-bond acceptors (Lipinski definition) is 6. The molecule has 0 amide bonds. The van der Waals surface area contributed by atoms with Crippen molar-refractivity contribution in [1.29, 1.82) is 0 Å². The van der Waals surface area contributed by atoms with Crippen LogP contribution in [0.5, 0.6) is 0 Å². The molecule has 0 spiro atoms. The van der Waals surface area contributed by atoms with Crippen molar-refractivity contribution < 1.29 is 34.1 Å². The van der Waals surface area contributed by atoms with Gasteiger partial charge in [0.2, 0.25) is 0 Å². The van der Waals surface area contributed by atoms with E-state index in [1.54, 1.807) is 0 Å². The van der Waals surface area contributed by atoms with Crippen molar-refractivity contribution in [2.45, 2.75) is 98.4 Å². The number of carboxylic acid groups (broad SMARTS) is 1. The first-order valence-corrected chi connectivity index (χ1v) is 13.1. The first-order chi connectivity index (χ1) is 16.7. The zero-order valence-electron chi connectivity index (χ0n) is 22.7. The highest BCUT2D eigenvalue weighted by Gasteiger charge is 2.43. The average Bonchev–Trinajstić information content (AvgIpc) is 2.78. The van der Waals surface area contributed by atoms with E-state index in [-0.39, 0.29) is 42.1 Å². The van der Waals surface area contributed by atoms with Crippen molar-refractivity contribution in [3.8, 4) is 0 Å². The Balaban J connectivity index is 0.000000678. The summed E-state index contributed by atoms with van der Waals surface area (Å²) in [6, 6.07) is 0. The van der Waals surface area contributed by atoms with Gasteiger partial charge in [0.15, 0.2) is 0 Å². The van der Waals surface area contributed by atoms with Crippen LogP contribution in [0.1, 0.15) is 80.1 Å². The number of rotatable bonds is 7. The number of cyclic esters (lactones) is 1. The van der Waals surface area contributed by atoms with Crippen molar-refractivity contribution in [1.82, 2.24) is 0 Å². The van der Waals surface area contributed by atoms with Crippen molar-refractivity contribution >= 4 is 17.9 Å². The zero-order chi connectivity index (χ0) is 27.2. The number of aliphatic hydroxyl groups excluding tert-OH is 1. The number of ether oxygens (including phenoxy) is 2. The van der Waals surface area contributed by atoms with Crippen molar-refractivity contribution in [3.63, 3.8) is 0 Å². The zero-order valence-corrected chi connectivity index (χ0v) is 22.7. The van der Waals surface area contributed by atoms with Gasteiger partial charge in [-0.2, -0.15) is 0 Å². The fourth-order valence-corrected chi connectivity index (χ4v) is 5.08. The molecule has 1 saturated heterocycles. The fraction of sp³-hybridized carbons (Fsp3) is 0.690. The number of aliphatic carboxylic acids is 1. The smallest absolute Gasteiger partial charge is 0.330 e. The van der Waals surface area contributed by atoms with Gasteiger partial charge >= 0.3 is 17.9 Å². The highest BCUT2D eigenvalue weighted by atomic mass is 16.6. The molecule has 0 aromatic carbocycles. The molecule has 0 aromatic heterocycles. The second kappa shape index (κ2) is 12.7. The lowest BCUT2D eigenvalue weighted by Crippen LogP contribution is -2.43. The van der Waals surface area contributed by atoms with Crippen LogP contribution in [0.4, 0.5) is 0 Å². The van der Waals surface area contributed by atoms with Gasteiger partial charge in [0, 0.05) is 17.9 Å². The fourth-order valence-electron chi connectivity index (χ4n) is 5.08. The van der Waals surface area contributed by atoms with Gasteiger partial charge < -0.3 is 19.7 Å². The normalized spacial score (nSPS) is 31.7. The monoisotopic (exact) mass is 504 g/mol. The predicted octanol–water partition coefficient (Wildman–Crippen LogP) is 5.23. The molecule has 36 heavy (non-hydrogen) atoms. The Labute approximate surface area is 215 Å². The van der Waals surface area contributed by atoms with Gasteiger partial charge in [-0.1, -0.05) is 45.6 Å². The van der Waals surface area contributed by atoms with Crippen LogP contribution in [0.3, 0.4) is 0 Å². The molecular weight excluding hydrogens is 460 g/mol. The van der Waals surface area contributed by atoms with Crippen molar-refractivity contribution in [2.24, 2.45) is 29.1 Å². The van der Waals surface area contributed by atoms with Gasteiger partial charge in [0.1, 0.15) is 12.2 Å². The first kappa shape index (κ1) is 29.8. The SMILES string of the molecule is C=C(C)C(=O)O.CCC(C)(C)C(=O)O[C@H]1C[C@@H](C)C=C2C=C[C@H](C)[C@H](CC[C@@H]3C[C@@H](O)CC(=O)O3)[C@H]21. The molecule has 0 unspecified atom stereocenters. The standard InChI is InChI=1S/C25H38O5.C4H6O2/c1-6-25(4,5)24(28)30-21-12-15(2)11-17-8-7-16(3)20(23(17)21)10-9-19-13-18(26)14-22(27)29-19;1-3(2)4(5)6/h7-8,11,15-16,18-21,23,26H,6,9-10,12-14H2,1-5H3;1H2,2H3,(H,5,6)/t15-,16-,18+,19+,20-,21-,23-;/m0./s1. The van der Waals surface area contributed by atoms with Crippen LogP contribution in [0.2, 0.25) is 0 Å². The molecular formula is C29H44O7. The van der Waals surface area contributed by atoms with Gasteiger partial charge in [-0.05, 0) is 69.8 Å². The Hall–Kier alpha value is -2.41. The second-order valence-electron chi connectivity index (χ2n) is 11.3. The molecule has 3 rings (SSSR count). The molecule has 7 atom stereocenters. The summed E-state index contributed by atoms with van der Waals surface area (Å²) in [6.45, 7) is 14.9. The van der Waals surface area contributed by atoms with Crippen molar-refractivity contribution in [2.75, 3.05) is 0 Å². The maximum Gasteiger partial charge on any atom is 0.330 e. The minimum absolute atomic E-state index is 0.0949. The maximum atomic E-state index is 12.9. The van der Waals surface area contributed by atoms with Crippen LogP contribution < -0.4 is 0 Å². The number of aliphatic hydroxyl groups is 1. The number of esters is 2. The molecule has 202 valence electrons. The van der Waals surface area contributed by atoms with E-state index in [2.05, 4.69) is 38.7 Å². The second-order valence-corrected chi connectivity index (χ2v) is 11.3. The summed E-state index contributed by atoms with van der Waals surface area (Å²) in [5.74, 6) is -0.159. The number of carboxylic acids is 1. The van der Waals surface area contributed by atoms with E-state index >= 15 is 0 Å². The number of carbonyl (C=O) groups excluding carboxylic acids is 2. The van der Waals surface area contributed by atoms with E-state index in [1.165, 1.54) is 12.5 Å². The topological polar surface area (TPSA) is 110 Å². The van der Waals surface area contributed by atoms with E-state index in [0.29, 0.717) is 24.2 Å². The number of fused-ring (bicyclic) bond motifs is 1. The van der Waals surface area contributed by atoms with Crippen LogP contribution >= 0.6 is 0 Å². The Bertz CT molecular complexity index is 872. The van der Waals surface area contributed by atoms with Crippen LogP contribution in [0.15, 0.2) is 36.0 Å². The van der Waals surface area contributed by atoms with Gasteiger partial charge in [0.25, 0.3) is 0 Å². The lowest BCUT2D eigenvalue weighted by molar-refractivity contribution is -0.166. The van der Waals surface area contributed by atoms with Gasteiger partial charge in [-0.15, -0.1) is 0 Å². The Kier molecular flexibility index (Phi) is 10.5. The van der Waals surface area contributed by atoms with E-state index in [9.17, 15) is 19.5 Å². The summed E-state index contributed by atoms with van der Waals surface area (Å²) in [4.78, 5) is 34.2. The highest BCUT2D eigenvalue weighted by molar-refractivity contribution is 5.84. The summed E-state index contributed by atoms with van der Waals surface area (Å²) in [7, 11) is 0. The summed E-state index contributed by atoms with van der Waals surface area (Å²) in [5, 5.41) is 17.8. The molecule has 0 radical (unpaired) electrons. The molecule has 7 nitrogen and oxygen atoms in total.